The van der Waals surface area contributed by atoms with Gasteiger partial charge in [0.05, 0.1) is 13.1 Å². The second-order valence-corrected chi connectivity index (χ2v) is 1.000. The van der Waals surface area contributed by atoms with Gasteiger partial charge in [-0.05, 0) is 13.8 Å². The van der Waals surface area contributed by atoms with Crippen LogP contribution in [0.5, 0.6) is 0 Å². The van der Waals surface area contributed by atoms with E-state index in [9.17, 15) is 0 Å². The van der Waals surface area contributed by atoms with Crippen molar-refractivity contribution in [3.8, 4) is 0 Å². The first-order valence-electron chi connectivity index (χ1n) is 2.41. The largest absolute Gasteiger partial charge is 2.00 e. The van der Waals surface area contributed by atoms with E-state index in [0.29, 0.717) is 0 Å². The monoisotopic (exact) mass is 108 g/mol. The zero-order valence-corrected chi connectivity index (χ0v) is 5.24. The Balaban J connectivity index is -0.0000000400. The van der Waals surface area contributed by atoms with Crippen LogP contribution in [-0.2, 0) is 5.48 Å². The second-order valence-electron chi connectivity index (χ2n) is 1.000. The van der Waals surface area contributed by atoms with Crippen molar-refractivity contribution in [3.05, 3.63) is 0 Å². The molecule has 3 nitrogen and oxygen atoms in total. The number of hydrogen-bond acceptors (Lipinski definition) is 0. The molecule has 0 amide bonds. The molecular weight excluding hydrogens is 92.1 g/mol. The lowest BCUT2D eigenvalue weighted by atomic mass is 10.8. The molecule has 0 heterocycles. The van der Waals surface area contributed by atoms with Crippen LogP contribution in [0, 0.1) is 0 Å². The van der Waals surface area contributed by atoms with Gasteiger partial charge in [0.2, 0.25) is 0 Å². The summed E-state index contributed by atoms with van der Waals surface area (Å²) in [7, 11) is 0. The van der Waals surface area contributed by atoms with E-state index in [1.807, 2.05) is 13.8 Å². The van der Waals surface area contributed by atoms with E-state index in [1.54, 1.807) is 0 Å². The minimum atomic E-state index is 0. The summed E-state index contributed by atoms with van der Waals surface area (Å²) < 4.78 is 0. The molecular formula is C4H16N2O. The Kier molecular flexibility index (Phi) is 89.4. The molecule has 0 saturated carbocycles. The van der Waals surface area contributed by atoms with E-state index in [1.165, 1.54) is 0 Å². The van der Waals surface area contributed by atoms with Gasteiger partial charge in [-0.15, -0.1) is 0 Å². The number of hydrogen-bond donors (Lipinski definition) is 2. The molecule has 0 spiro atoms. The maximum Gasteiger partial charge on any atom is 0.0711 e. The highest BCUT2D eigenvalue weighted by Crippen LogP contribution is 1.14. The fraction of sp³-hybridized carbons (Fsp3) is 1.00. The molecule has 3 heteroatoms. The minimum absolute atomic E-state index is 0. The molecule has 48 valence electrons. The van der Waals surface area contributed by atoms with Crippen molar-refractivity contribution in [2.45, 2.75) is 13.8 Å². The molecule has 0 aliphatic heterocycles. The maximum absolute atomic E-state index is 3.49. The first-order valence-corrected chi connectivity index (χ1v) is 2.41. The summed E-state index contributed by atoms with van der Waals surface area (Å²) in [6.45, 7) is 6.03. The Morgan fingerprint density at radius 3 is 1.00 bits per heavy atom. The third-order valence-electron chi connectivity index (χ3n) is 0. The Morgan fingerprint density at radius 1 is 1.00 bits per heavy atom. The summed E-state index contributed by atoms with van der Waals surface area (Å²) in [5.41, 5.74) is 6.97. The molecule has 0 atom stereocenters. The highest BCUT2D eigenvalue weighted by Gasteiger charge is 1.37. The lowest BCUT2D eigenvalue weighted by Crippen LogP contribution is -2.48. The van der Waals surface area contributed by atoms with Gasteiger partial charge < -0.3 is 16.9 Å². The molecule has 0 unspecified atom stereocenters. The molecule has 0 aliphatic carbocycles. The van der Waals surface area contributed by atoms with Gasteiger partial charge in [-0.2, -0.15) is 0 Å². The molecule has 0 aromatic rings. The van der Waals surface area contributed by atoms with Gasteiger partial charge in [0, 0.05) is 0 Å². The van der Waals surface area contributed by atoms with Crippen molar-refractivity contribution in [2.75, 3.05) is 13.1 Å². The smallest absolute Gasteiger partial charge is 0.0711 e. The van der Waals surface area contributed by atoms with Gasteiger partial charge in [0.1, 0.15) is 0 Å². The quantitative estimate of drug-likeness (QED) is 0.374. The third kappa shape index (κ3) is 6150. The summed E-state index contributed by atoms with van der Waals surface area (Å²) in [6.07, 6.45) is 0. The lowest BCUT2D eigenvalue weighted by molar-refractivity contribution is -0.362. The third-order valence-corrected chi connectivity index (χ3v) is 0. The van der Waals surface area contributed by atoms with Crippen LogP contribution in [0.15, 0.2) is 0 Å². The molecule has 0 radical (unpaired) electrons. The summed E-state index contributed by atoms with van der Waals surface area (Å²) in [5.74, 6) is 0. The van der Waals surface area contributed by atoms with Crippen molar-refractivity contribution in [1.29, 1.82) is 0 Å². The van der Waals surface area contributed by atoms with E-state index in [-0.39, 0.29) is 5.48 Å². The van der Waals surface area contributed by atoms with Crippen LogP contribution in [0.25, 0.3) is 0 Å². The average molecular weight is 108 g/mol. The predicted octanol–water partition coefficient (Wildman–Crippen LogP) is -1.62. The van der Waals surface area contributed by atoms with E-state index in [0.717, 1.165) is 13.1 Å². The van der Waals surface area contributed by atoms with Crippen LogP contribution >= 0.6 is 0 Å². The molecule has 0 aromatic heterocycles. The van der Waals surface area contributed by atoms with E-state index in [4.69, 9.17) is 0 Å². The van der Waals surface area contributed by atoms with Crippen molar-refractivity contribution in [2.24, 2.45) is 0 Å². The van der Waals surface area contributed by atoms with Crippen LogP contribution in [-0.4, -0.2) is 13.1 Å². The first-order chi connectivity index (χ1) is 2.83. The second kappa shape index (κ2) is 39.6. The Hall–Kier alpha value is -0.120. The maximum atomic E-state index is 3.49. The fourth-order valence-corrected chi connectivity index (χ4v) is 0. The van der Waals surface area contributed by atoms with Gasteiger partial charge in [0.25, 0.3) is 0 Å². The highest BCUT2D eigenvalue weighted by molar-refractivity contribution is 3.80. The van der Waals surface area contributed by atoms with E-state index in [2.05, 4.69) is 11.5 Å². The minimum Gasteiger partial charge on any atom is -2.00 e. The van der Waals surface area contributed by atoms with Gasteiger partial charge in [-0.1, -0.05) is 0 Å². The van der Waals surface area contributed by atoms with Crippen LogP contribution in [0.1, 0.15) is 13.8 Å². The Bertz CT molecular complexity index is 11.7. The number of quaternary nitrogens is 2. The standard InChI is InChI=1S/2C2H7N.O/c2*1-2-3;/h2*2-3H2,1H3;/q;;-2/p+2. The van der Waals surface area contributed by atoms with Crippen molar-refractivity contribution >= 4 is 0 Å². The SMILES string of the molecule is CC[NH3+].CC[NH3+].[O-2]. The van der Waals surface area contributed by atoms with Crippen LogP contribution < -0.4 is 11.5 Å². The molecule has 0 bridgehead atoms. The topological polar surface area (TPSA) is 83.8 Å². The van der Waals surface area contributed by atoms with E-state index >= 15 is 0 Å². The van der Waals surface area contributed by atoms with Crippen molar-refractivity contribution < 1.29 is 16.9 Å². The zero-order chi connectivity index (χ0) is 5.41. The number of rotatable bonds is 0. The van der Waals surface area contributed by atoms with Crippen molar-refractivity contribution in [3.63, 3.8) is 0 Å². The van der Waals surface area contributed by atoms with Crippen LogP contribution in [0.2, 0.25) is 0 Å². The summed E-state index contributed by atoms with van der Waals surface area (Å²) >= 11 is 0. The molecule has 0 fully saturated rings. The molecule has 0 aromatic carbocycles. The lowest BCUT2D eigenvalue weighted by Gasteiger charge is -2.00. The predicted molar refractivity (Wildman–Crippen MR) is 27.5 cm³/mol. The average Bonchev–Trinajstić information content (AvgIpc) is 1.39. The molecule has 7 heavy (non-hydrogen) atoms. The zero-order valence-electron chi connectivity index (χ0n) is 5.24. The molecule has 0 saturated heterocycles. The van der Waals surface area contributed by atoms with Gasteiger partial charge in [-0.25, -0.2) is 0 Å². The Morgan fingerprint density at radius 2 is 1.00 bits per heavy atom. The van der Waals surface area contributed by atoms with Gasteiger partial charge in [0.15, 0.2) is 0 Å². The normalized spacial score (nSPS) is 5.14. The van der Waals surface area contributed by atoms with Crippen LogP contribution in [0.4, 0.5) is 0 Å². The first kappa shape index (κ1) is 15.8. The highest BCUT2D eigenvalue weighted by atomic mass is 16.0. The van der Waals surface area contributed by atoms with Crippen LogP contribution in [0.3, 0.4) is 0 Å². The fourth-order valence-electron chi connectivity index (χ4n) is 0. The van der Waals surface area contributed by atoms with E-state index < -0.39 is 0 Å². The summed E-state index contributed by atoms with van der Waals surface area (Å²) in [6, 6.07) is 0. The van der Waals surface area contributed by atoms with Gasteiger partial charge in [-0.3, -0.25) is 0 Å². The Labute approximate surface area is 45.0 Å². The molecule has 0 aliphatic rings. The molecule has 6 N–H and O–H groups in total. The van der Waals surface area contributed by atoms with Gasteiger partial charge >= 0.3 is 0 Å². The summed E-state index contributed by atoms with van der Waals surface area (Å²) in [4.78, 5) is 0. The summed E-state index contributed by atoms with van der Waals surface area (Å²) in [5, 5.41) is 0. The van der Waals surface area contributed by atoms with Crippen molar-refractivity contribution in [1.82, 2.24) is 0 Å². The molecule has 0 rings (SSSR count).